The standard InChI is InChI=1S/C14H22FN3/c1-5-16-13(18-14(2,3)4)17-10-11-6-8-12(15)9-7-11/h6-9H,5,10H2,1-4H3,(H2,16,17,18). The van der Waals surface area contributed by atoms with E-state index in [2.05, 4.69) is 36.4 Å². The van der Waals surface area contributed by atoms with E-state index in [9.17, 15) is 4.39 Å². The third-order valence-electron chi connectivity index (χ3n) is 2.17. The quantitative estimate of drug-likeness (QED) is 0.640. The molecular weight excluding hydrogens is 229 g/mol. The van der Waals surface area contributed by atoms with Gasteiger partial charge in [-0.15, -0.1) is 0 Å². The molecule has 0 unspecified atom stereocenters. The first-order chi connectivity index (χ1) is 8.40. The molecule has 100 valence electrons. The van der Waals surface area contributed by atoms with Crippen molar-refractivity contribution in [2.45, 2.75) is 39.8 Å². The van der Waals surface area contributed by atoms with Gasteiger partial charge in [0, 0.05) is 12.1 Å². The molecule has 3 nitrogen and oxygen atoms in total. The molecule has 0 amide bonds. The van der Waals surface area contributed by atoms with Crippen molar-refractivity contribution < 1.29 is 4.39 Å². The molecule has 18 heavy (non-hydrogen) atoms. The van der Waals surface area contributed by atoms with Crippen LogP contribution in [0, 0.1) is 5.82 Å². The molecule has 4 heteroatoms. The third-order valence-corrected chi connectivity index (χ3v) is 2.17. The Morgan fingerprint density at radius 3 is 2.33 bits per heavy atom. The second kappa shape index (κ2) is 6.38. The number of guanidine groups is 1. The van der Waals surface area contributed by atoms with Crippen LogP contribution in [0.25, 0.3) is 0 Å². The van der Waals surface area contributed by atoms with Gasteiger partial charge in [0.15, 0.2) is 5.96 Å². The molecule has 1 aromatic carbocycles. The molecule has 0 radical (unpaired) electrons. The number of hydrogen-bond acceptors (Lipinski definition) is 1. The number of nitrogens with one attached hydrogen (secondary N) is 2. The van der Waals surface area contributed by atoms with E-state index in [0.717, 1.165) is 18.1 Å². The molecular formula is C14H22FN3. The maximum absolute atomic E-state index is 12.8. The molecule has 0 saturated carbocycles. The number of benzene rings is 1. The van der Waals surface area contributed by atoms with Crippen LogP contribution in [0.1, 0.15) is 33.3 Å². The minimum atomic E-state index is -0.220. The highest BCUT2D eigenvalue weighted by Gasteiger charge is 2.11. The minimum Gasteiger partial charge on any atom is -0.357 e. The number of halogens is 1. The monoisotopic (exact) mass is 251 g/mol. The lowest BCUT2D eigenvalue weighted by atomic mass is 10.1. The summed E-state index contributed by atoms with van der Waals surface area (Å²) < 4.78 is 12.8. The Hall–Kier alpha value is -1.58. The third kappa shape index (κ3) is 5.66. The van der Waals surface area contributed by atoms with Gasteiger partial charge >= 0.3 is 0 Å². The predicted molar refractivity (Wildman–Crippen MR) is 74.1 cm³/mol. The van der Waals surface area contributed by atoms with Gasteiger partial charge < -0.3 is 10.6 Å². The van der Waals surface area contributed by atoms with Gasteiger partial charge in [0.05, 0.1) is 6.54 Å². The van der Waals surface area contributed by atoms with Crippen LogP contribution < -0.4 is 10.6 Å². The largest absolute Gasteiger partial charge is 0.357 e. The van der Waals surface area contributed by atoms with E-state index in [1.54, 1.807) is 12.1 Å². The van der Waals surface area contributed by atoms with E-state index in [1.807, 2.05) is 6.92 Å². The number of rotatable bonds is 3. The normalized spacial score (nSPS) is 12.4. The average molecular weight is 251 g/mol. The second-order valence-electron chi connectivity index (χ2n) is 5.20. The zero-order valence-electron chi connectivity index (χ0n) is 11.5. The SMILES string of the molecule is CCNC(=NCc1ccc(F)cc1)NC(C)(C)C. The fourth-order valence-corrected chi connectivity index (χ4v) is 1.42. The Balaban J connectivity index is 2.67. The van der Waals surface area contributed by atoms with Gasteiger partial charge in [-0.1, -0.05) is 12.1 Å². The van der Waals surface area contributed by atoms with E-state index >= 15 is 0 Å². The molecule has 0 aliphatic rings. The Morgan fingerprint density at radius 2 is 1.83 bits per heavy atom. The Bertz CT molecular complexity index is 390. The first-order valence-corrected chi connectivity index (χ1v) is 6.21. The Labute approximate surface area is 109 Å². The van der Waals surface area contributed by atoms with Gasteiger partial charge in [-0.25, -0.2) is 9.38 Å². The lowest BCUT2D eigenvalue weighted by Crippen LogP contribution is -2.47. The van der Waals surface area contributed by atoms with Crippen LogP contribution in [0.15, 0.2) is 29.3 Å². The van der Waals surface area contributed by atoms with Crippen molar-refractivity contribution >= 4 is 5.96 Å². The summed E-state index contributed by atoms with van der Waals surface area (Å²) in [6.45, 7) is 9.61. The van der Waals surface area contributed by atoms with Gasteiger partial charge in [0.25, 0.3) is 0 Å². The predicted octanol–water partition coefficient (Wildman–Crippen LogP) is 2.68. The van der Waals surface area contributed by atoms with Crippen LogP contribution in [0.2, 0.25) is 0 Å². The van der Waals surface area contributed by atoms with Crippen LogP contribution in [0.5, 0.6) is 0 Å². The molecule has 0 aromatic heterocycles. The van der Waals surface area contributed by atoms with Gasteiger partial charge in [-0.3, -0.25) is 0 Å². The summed E-state index contributed by atoms with van der Waals surface area (Å²) in [4.78, 5) is 4.47. The summed E-state index contributed by atoms with van der Waals surface area (Å²) in [7, 11) is 0. The van der Waals surface area contributed by atoms with E-state index in [4.69, 9.17) is 0 Å². The average Bonchev–Trinajstić information content (AvgIpc) is 2.26. The Morgan fingerprint density at radius 1 is 1.22 bits per heavy atom. The Kier molecular flexibility index (Phi) is 5.13. The smallest absolute Gasteiger partial charge is 0.191 e. The summed E-state index contributed by atoms with van der Waals surface area (Å²) >= 11 is 0. The molecule has 0 aliphatic heterocycles. The number of hydrogen-bond donors (Lipinski definition) is 2. The van der Waals surface area contributed by atoms with Gasteiger partial charge in [-0.2, -0.15) is 0 Å². The molecule has 0 fully saturated rings. The summed E-state index contributed by atoms with van der Waals surface area (Å²) in [6.07, 6.45) is 0. The first-order valence-electron chi connectivity index (χ1n) is 6.21. The zero-order valence-corrected chi connectivity index (χ0v) is 11.5. The van der Waals surface area contributed by atoms with Gasteiger partial charge in [0.1, 0.15) is 5.82 Å². The van der Waals surface area contributed by atoms with Crippen molar-refractivity contribution in [1.82, 2.24) is 10.6 Å². The number of nitrogens with zero attached hydrogens (tertiary/aromatic N) is 1. The molecule has 1 rings (SSSR count). The molecule has 2 N–H and O–H groups in total. The highest BCUT2D eigenvalue weighted by molar-refractivity contribution is 5.80. The molecule has 0 atom stereocenters. The molecule has 0 bridgehead atoms. The van der Waals surface area contributed by atoms with Crippen molar-refractivity contribution in [3.63, 3.8) is 0 Å². The number of aliphatic imine (C=N–C) groups is 1. The summed E-state index contributed by atoms with van der Waals surface area (Å²) in [5.74, 6) is 0.553. The van der Waals surface area contributed by atoms with E-state index < -0.39 is 0 Å². The lowest BCUT2D eigenvalue weighted by Gasteiger charge is -2.23. The highest BCUT2D eigenvalue weighted by Crippen LogP contribution is 2.04. The molecule has 0 spiro atoms. The van der Waals surface area contributed by atoms with E-state index in [1.165, 1.54) is 12.1 Å². The first kappa shape index (κ1) is 14.5. The van der Waals surface area contributed by atoms with Crippen molar-refractivity contribution in [3.8, 4) is 0 Å². The van der Waals surface area contributed by atoms with Crippen molar-refractivity contribution in [3.05, 3.63) is 35.6 Å². The minimum absolute atomic E-state index is 0.0379. The van der Waals surface area contributed by atoms with Crippen LogP contribution in [-0.4, -0.2) is 18.0 Å². The van der Waals surface area contributed by atoms with Crippen LogP contribution in [0.3, 0.4) is 0 Å². The maximum Gasteiger partial charge on any atom is 0.191 e. The molecule has 0 saturated heterocycles. The van der Waals surface area contributed by atoms with E-state index in [0.29, 0.717) is 6.54 Å². The lowest BCUT2D eigenvalue weighted by molar-refractivity contribution is 0.501. The molecule has 1 aromatic rings. The van der Waals surface area contributed by atoms with Crippen LogP contribution in [-0.2, 0) is 6.54 Å². The van der Waals surface area contributed by atoms with Crippen LogP contribution >= 0.6 is 0 Å². The van der Waals surface area contributed by atoms with Crippen LogP contribution in [0.4, 0.5) is 4.39 Å². The second-order valence-corrected chi connectivity index (χ2v) is 5.20. The van der Waals surface area contributed by atoms with Gasteiger partial charge in [0.2, 0.25) is 0 Å². The molecule has 0 heterocycles. The fourth-order valence-electron chi connectivity index (χ4n) is 1.42. The topological polar surface area (TPSA) is 36.4 Å². The zero-order chi connectivity index (χ0) is 13.6. The molecule has 0 aliphatic carbocycles. The summed E-state index contributed by atoms with van der Waals surface area (Å²) in [6, 6.07) is 6.41. The van der Waals surface area contributed by atoms with Gasteiger partial charge in [-0.05, 0) is 45.4 Å². The van der Waals surface area contributed by atoms with Crippen molar-refractivity contribution in [2.24, 2.45) is 4.99 Å². The van der Waals surface area contributed by atoms with E-state index in [-0.39, 0.29) is 11.4 Å². The summed E-state index contributed by atoms with van der Waals surface area (Å²) in [5.41, 5.74) is 0.951. The maximum atomic E-state index is 12.8. The highest BCUT2D eigenvalue weighted by atomic mass is 19.1. The van der Waals surface area contributed by atoms with Crippen molar-refractivity contribution in [1.29, 1.82) is 0 Å². The summed E-state index contributed by atoms with van der Waals surface area (Å²) in [5, 5.41) is 6.49. The fraction of sp³-hybridized carbons (Fsp3) is 0.500. The van der Waals surface area contributed by atoms with Crippen molar-refractivity contribution in [2.75, 3.05) is 6.54 Å².